The number of ether oxygens (including phenoxy) is 2. The predicted octanol–water partition coefficient (Wildman–Crippen LogP) is 3.71. The molecule has 0 aliphatic heterocycles. The lowest BCUT2D eigenvalue weighted by atomic mass is 10.2. The van der Waals surface area contributed by atoms with Gasteiger partial charge in [-0.25, -0.2) is 0 Å². The maximum atomic E-state index is 12.4. The molecule has 29 heavy (non-hydrogen) atoms. The van der Waals surface area contributed by atoms with E-state index in [0.29, 0.717) is 24.4 Å². The molecular formula is C22H20N4O3. The highest BCUT2D eigenvalue weighted by Gasteiger charge is 2.09. The number of amides is 1. The molecule has 0 unspecified atom stereocenters. The van der Waals surface area contributed by atoms with Gasteiger partial charge >= 0.3 is 0 Å². The van der Waals surface area contributed by atoms with Crippen LogP contribution in [-0.2, 0) is 0 Å². The van der Waals surface area contributed by atoms with Gasteiger partial charge in [0.05, 0.1) is 18.7 Å². The van der Waals surface area contributed by atoms with Crippen LogP contribution in [0.15, 0.2) is 66.9 Å². The number of hydrogen-bond acceptors (Lipinski definition) is 6. The fourth-order valence-electron chi connectivity index (χ4n) is 2.56. The van der Waals surface area contributed by atoms with Gasteiger partial charge in [-0.05, 0) is 54.6 Å². The number of pyridine rings is 1. The van der Waals surface area contributed by atoms with Crippen LogP contribution in [-0.4, -0.2) is 31.2 Å². The van der Waals surface area contributed by atoms with Crippen LogP contribution < -0.4 is 20.1 Å². The molecule has 0 bridgehead atoms. The monoisotopic (exact) mass is 388 g/mol. The molecule has 1 aromatic heterocycles. The SMILES string of the molecule is COc1ccc(OCCNc2ccnc(C(=O)Nc3cccc(C#N)c3)c2)cc1. The summed E-state index contributed by atoms with van der Waals surface area (Å²) in [7, 11) is 1.62. The van der Waals surface area contributed by atoms with Crippen molar-refractivity contribution in [2.24, 2.45) is 0 Å². The Morgan fingerprint density at radius 3 is 2.62 bits per heavy atom. The van der Waals surface area contributed by atoms with Gasteiger partial charge in [-0.3, -0.25) is 9.78 Å². The molecule has 2 N–H and O–H groups in total. The molecule has 1 amide bonds. The summed E-state index contributed by atoms with van der Waals surface area (Å²) >= 11 is 0. The van der Waals surface area contributed by atoms with Gasteiger partial charge in [-0.1, -0.05) is 6.07 Å². The molecule has 0 fully saturated rings. The van der Waals surface area contributed by atoms with Gasteiger partial charge in [-0.2, -0.15) is 5.26 Å². The summed E-state index contributed by atoms with van der Waals surface area (Å²) in [6, 6.07) is 19.6. The molecule has 0 radical (unpaired) electrons. The summed E-state index contributed by atoms with van der Waals surface area (Å²) in [4.78, 5) is 16.5. The number of hydrogen-bond donors (Lipinski definition) is 2. The maximum Gasteiger partial charge on any atom is 0.274 e. The van der Waals surface area contributed by atoms with E-state index in [1.54, 1.807) is 49.7 Å². The zero-order chi connectivity index (χ0) is 20.5. The quantitative estimate of drug-likeness (QED) is 0.571. The second-order valence-electron chi connectivity index (χ2n) is 6.03. The van der Waals surface area contributed by atoms with E-state index in [9.17, 15) is 4.79 Å². The van der Waals surface area contributed by atoms with Gasteiger partial charge < -0.3 is 20.1 Å². The van der Waals surface area contributed by atoms with E-state index in [-0.39, 0.29) is 11.6 Å². The van der Waals surface area contributed by atoms with Gasteiger partial charge in [0.15, 0.2) is 0 Å². The minimum Gasteiger partial charge on any atom is -0.497 e. The Kier molecular flexibility index (Phi) is 6.63. The van der Waals surface area contributed by atoms with Gasteiger partial charge in [0.1, 0.15) is 23.8 Å². The Balaban J connectivity index is 1.52. The van der Waals surface area contributed by atoms with Crippen LogP contribution in [0.25, 0.3) is 0 Å². The Bertz CT molecular complexity index is 1010. The lowest BCUT2D eigenvalue weighted by Gasteiger charge is -2.10. The summed E-state index contributed by atoms with van der Waals surface area (Å²) in [5.74, 6) is 1.18. The van der Waals surface area contributed by atoms with Crippen LogP contribution in [0.2, 0.25) is 0 Å². The van der Waals surface area contributed by atoms with Crippen LogP contribution in [0.4, 0.5) is 11.4 Å². The molecule has 2 aromatic carbocycles. The zero-order valence-electron chi connectivity index (χ0n) is 15.9. The molecule has 0 spiro atoms. The van der Waals surface area contributed by atoms with Crippen LogP contribution in [0.5, 0.6) is 11.5 Å². The van der Waals surface area contributed by atoms with E-state index in [4.69, 9.17) is 14.7 Å². The highest BCUT2D eigenvalue weighted by molar-refractivity contribution is 6.03. The standard InChI is InChI=1S/C22H20N4O3/c1-28-19-5-7-20(8-6-19)29-12-11-24-17-9-10-25-21(14-17)22(27)26-18-4-2-3-16(13-18)15-23/h2-10,13-14H,11-12H2,1H3,(H,24,25)(H,26,27). The molecule has 7 heteroatoms. The van der Waals surface area contributed by atoms with Gasteiger partial charge in [0.25, 0.3) is 5.91 Å². The lowest BCUT2D eigenvalue weighted by Crippen LogP contribution is -2.15. The number of nitrogens with one attached hydrogen (secondary N) is 2. The fraction of sp³-hybridized carbons (Fsp3) is 0.136. The Labute approximate surface area is 168 Å². The number of anilines is 2. The average molecular weight is 388 g/mol. The number of carbonyl (C=O) groups excluding carboxylic acids is 1. The van der Waals surface area contributed by atoms with Crippen molar-refractivity contribution in [2.75, 3.05) is 30.9 Å². The maximum absolute atomic E-state index is 12.4. The first-order valence-electron chi connectivity index (χ1n) is 8.96. The van der Waals surface area contributed by atoms with E-state index in [1.165, 1.54) is 0 Å². The third-order valence-electron chi connectivity index (χ3n) is 4.00. The van der Waals surface area contributed by atoms with Crippen LogP contribution in [0.3, 0.4) is 0 Å². The Hall–Kier alpha value is -4.05. The van der Waals surface area contributed by atoms with Crippen molar-refractivity contribution in [1.29, 1.82) is 5.26 Å². The third-order valence-corrected chi connectivity index (χ3v) is 4.00. The van der Waals surface area contributed by atoms with Crippen molar-refractivity contribution in [3.05, 3.63) is 78.1 Å². The number of carbonyl (C=O) groups is 1. The number of rotatable bonds is 8. The second-order valence-corrected chi connectivity index (χ2v) is 6.03. The zero-order valence-corrected chi connectivity index (χ0v) is 15.9. The molecule has 146 valence electrons. The predicted molar refractivity (Wildman–Crippen MR) is 110 cm³/mol. The highest BCUT2D eigenvalue weighted by Crippen LogP contribution is 2.17. The number of aromatic nitrogens is 1. The van der Waals surface area contributed by atoms with Crippen molar-refractivity contribution < 1.29 is 14.3 Å². The van der Waals surface area contributed by atoms with E-state index >= 15 is 0 Å². The molecular weight excluding hydrogens is 368 g/mol. The van der Waals surface area contributed by atoms with Gasteiger partial charge in [0.2, 0.25) is 0 Å². The second kappa shape index (κ2) is 9.76. The van der Waals surface area contributed by atoms with E-state index in [2.05, 4.69) is 15.6 Å². The van der Waals surface area contributed by atoms with Crippen molar-refractivity contribution >= 4 is 17.3 Å². The first kappa shape index (κ1) is 19.7. The molecule has 0 aliphatic carbocycles. The topological polar surface area (TPSA) is 96.3 Å². The molecule has 7 nitrogen and oxygen atoms in total. The normalized spacial score (nSPS) is 9.93. The summed E-state index contributed by atoms with van der Waals surface area (Å²) in [6.45, 7) is 1.01. The van der Waals surface area contributed by atoms with Crippen LogP contribution >= 0.6 is 0 Å². The number of methoxy groups -OCH3 is 1. The van der Waals surface area contributed by atoms with Gasteiger partial charge in [-0.15, -0.1) is 0 Å². The van der Waals surface area contributed by atoms with Crippen LogP contribution in [0, 0.1) is 11.3 Å². The smallest absolute Gasteiger partial charge is 0.274 e. The first-order chi connectivity index (χ1) is 14.2. The molecule has 1 heterocycles. The molecule has 0 aliphatic rings. The Morgan fingerprint density at radius 2 is 1.86 bits per heavy atom. The van der Waals surface area contributed by atoms with E-state index < -0.39 is 0 Å². The average Bonchev–Trinajstić information content (AvgIpc) is 2.77. The molecule has 3 rings (SSSR count). The van der Waals surface area contributed by atoms with Gasteiger partial charge in [0, 0.05) is 24.1 Å². The van der Waals surface area contributed by atoms with Crippen molar-refractivity contribution in [3.63, 3.8) is 0 Å². The van der Waals surface area contributed by atoms with E-state index in [0.717, 1.165) is 17.2 Å². The molecule has 3 aromatic rings. The number of benzene rings is 2. The summed E-state index contributed by atoms with van der Waals surface area (Å²) < 4.78 is 10.8. The van der Waals surface area contributed by atoms with Crippen LogP contribution in [0.1, 0.15) is 16.1 Å². The number of nitrogens with zero attached hydrogens (tertiary/aromatic N) is 2. The molecule has 0 saturated carbocycles. The Morgan fingerprint density at radius 1 is 1.07 bits per heavy atom. The first-order valence-corrected chi connectivity index (χ1v) is 8.96. The lowest BCUT2D eigenvalue weighted by molar-refractivity contribution is 0.102. The van der Waals surface area contributed by atoms with Crippen molar-refractivity contribution in [1.82, 2.24) is 4.98 Å². The van der Waals surface area contributed by atoms with E-state index in [1.807, 2.05) is 30.3 Å². The minimum atomic E-state index is -0.349. The van der Waals surface area contributed by atoms with Crippen molar-refractivity contribution in [2.45, 2.75) is 0 Å². The summed E-state index contributed by atoms with van der Waals surface area (Å²) in [6.07, 6.45) is 1.56. The third kappa shape index (κ3) is 5.71. The summed E-state index contributed by atoms with van der Waals surface area (Å²) in [5.41, 5.74) is 2.05. The molecule has 0 saturated heterocycles. The van der Waals surface area contributed by atoms with Crippen molar-refractivity contribution in [3.8, 4) is 17.6 Å². The minimum absolute atomic E-state index is 0.272. The number of nitriles is 1. The summed E-state index contributed by atoms with van der Waals surface area (Å²) in [5, 5.41) is 14.9. The fourth-order valence-corrected chi connectivity index (χ4v) is 2.56. The molecule has 0 atom stereocenters. The largest absolute Gasteiger partial charge is 0.497 e. The highest BCUT2D eigenvalue weighted by atomic mass is 16.5.